The van der Waals surface area contributed by atoms with E-state index in [4.69, 9.17) is 5.11 Å². The predicted octanol–water partition coefficient (Wildman–Crippen LogP) is 4.24. The third kappa shape index (κ3) is 5.62. The van der Waals surface area contributed by atoms with Crippen LogP contribution in [0.4, 0.5) is 0 Å². The summed E-state index contributed by atoms with van der Waals surface area (Å²) in [5, 5.41) is 9.12. The number of ketones is 1. The topological polar surface area (TPSA) is 88.5 Å². The van der Waals surface area contributed by atoms with Crippen LogP contribution in [-0.2, 0) is 9.84 Å². The molecule has 0 heterocycles. The number of rotatable bonds is 8. The van der Waals surface area contributed by atoms with Gasteiger partial charge < -0.3 is 5.11 Å². The molecule has 0 radical (unpaired) electrons. The van der Waals surface area contributed by atoms with Gasteiger partial charge in [-0.1, -0.05) is 37.6 Å². The maximum atomic E-state index is 12.9. The van der Waals surface area contributed by atoms with Crippen molar-refractivity contribution in [3.05, 3.63) is 70.8 Å². The Kier molecular flexibility index (Phi) is 6.69. The van der Waals surface area contributed by atoms with Crippen molar-refractivity contribution in [3.8, 4) is 0 Å². The summed E-state index contributed by atoms with van der Waals surface area (Å²) in [6, 6.07) is 12.3. The number of hydrogen-bond acceptors (Lipinski definition) is 4. The number of carbonyl (C=O) groups is 2. The van der Waals surface area contributed by atoms with Gasteiger partial charge in [0.2, 0.25) is 0 Å². The third-order valence-corrected chi connectivity index (χ3v) is 5.24. The second kappa shape index (κ2) is 8.77. The van der Waals surface area contributed by atoms with E-state index in [9.17, 15) is 18.0 Å². The summed E-state index contributed by atoms with van der Waals surface area (Å²) in [6.45, 7) is 2.02. The van der Waals surface area contributed by atoms with Gasteiger partial charge in [-0.2, -0.15) is 0 Å². The zero-order valence-electron chi connectivity index (χ0n) is 15.3. The smallest absolute Gasteiger partial charge is 0.335 e. The summed E-state index contributed by atoms with van der Waals surface area (Å²) in [7, 11) is -3.28. The zero-order chi connectivity index (χ0) is 20.0. The summed E-state index contributed by atoms with van der Waals surface area (Å²) in [5.74, 6) is -1.31. The molecule has 5 nitrogen and oxygen atoms in total. The van der Waals surface area contributed by atoms with Crippen LogP contribution in [0.3, 0.4) is 0 Å². The number of unbranched alkanes of at least 4 members (excludes halogenated alkanes) is 1. The molecule has 0 aliphatic rings. The Hall–Kier alpha value is -2.73. The maximum absolute atomic E-state index is 12.9. The van der Waals surface area contributed by atoms with E-state index in [-0.39, 0.29) is 16.2 Å². The molecule has 2 aromatic rings. The molecule has 0 atom stereocenters. The van der Waals surface area contributed by atoms with Crippen LogP contribution in [0.25, 0.3) is 6.08 Å². The minimum Gasteiger partial charge on any atom is -0.478 e. The van der Waals surface area contributed by atoms with Crippen LogP contribution in [0.1, 0.15) is 52.5 Å². The summed E-state index contributed by atoms with van der Waals surface area (Å²) in [6.07, 6.45) is 5.16. The number of hydrogen-bond donors (Lipinski definition) is 1. The maximum Gasteiger partial charge on any atom is 0.335 e. The first kappa shape index (κ1) is 20.6. The minimum atomic E-state index is -3.28. The number of Topliss-reactive ketones (excluding diaryl/α,β-unsaturated/α-hetero) is 1. The van der Waals surface area contributed by atoms with Gasteiger partial charge in [0.1, 0.15) is 0 Å². The highest BCUT2D eigenvalue weighted by atomic mass is 32.2. The average Bonchev–Trinajstić information content (AvgIpc) is 2.64. The fourth-order valence-corrected chi connectivity index (χ4v) is 3.24. The number of sulfone groups is 1. The molecule has 0 unspecified atom stereocenters. The number of aromatic carboxylic acids is 1. The van der Waals surface area contributed by atoms with Crippen molar-refractivity contribution < 1.29 is 23.1 Å². The molecule has 0 aromatic heterocycles. The molecule has 0 fully saturated rings. The molecule has 0 aliphatic carbocycles. The van der Waals surface area contributed by atoms with Crippen LogP contribution < -0.4 is 0 Å². The largest absolute Gasteiger partial charge is 0.478 e. The van der Waals surface area contributed by atoms with Gasteiger partial charge >= 0.3 is 5.97 Å². The van der Waals surface area contributed by atoms with Crippen LogP contribution >= 0.6 is 0 Å². The van der Waals surface area contributed by atoms with E-state index in [1.807, 2.05) is 6.92 Å². The normalized spacial score (nSPS) is 12.0. The van der Waals surface area contributed by atoms with Gasteiger partial charge in [-0.05, 0) is 48.7 Å². The van der Waals surface area contributed by atoms with Gasteiger partial charge in [-0.15, -0.1) is 0 Å². The standard InChI is InChI=1S/C21H22O5S/c1-3-4-6-16(13-15-9-11-19(12-10-15)27(2,25)26)20(22)17-7-5-8-18(14-17)21(23)24/h5,7-14H,3-4,6H2,1-2H3,(H,23,24). The van der Waals surface area contributed by atoms with Crippen molar-refractivity contribution in [2.45, 2.75) is 31.1 Å². The number of carboxylic acids is 1. The average molecular weight is 386 g/mol. The molecule has 0 amide bonds. The molecule has 0 saturated carbocycles. The van der Waals surface area contributed by atoms with E-state index in [0.717, 1.165) is 24.7 Å². The molecule has 0 saturated heterocycles. The molecule has 6 heteroatoms. The first-order valence-corrected chi connectivity index (χ1v) is 10.5. The van der Waals surface area contributed by atoms with E-state index in [1.54, 1.807) is 30.3 Å². The predicted molar refractivity (Wildman–Crippen MR) is 105 cm³/mol. The fraction of sp³-hybridized carbons (Fsp3) is 0.238. The van der Waals surface area contributed by atoms with Crippen molar-refractivity contribution in [3.63, 3.8) is 0 Å². The van der Waals surface area contributed by atoms with Crippen molar-refractivity contribution in [1.29, 1.82) is 0 Å². The quantitative estimate of drug-likeness (QED) is 0.541. The Bertz CT molecular complexity index is 970. The summed E-state index contributed by atoms with van der Waals surface area (Å²) >= 11 is 0. The van der Waals surface area contributed by atoms with Crippen molar-refractivity contribution in [2.24, 2.45) is 0 Å². The van der Waals surface area contributed by atoms with Crippen LogP contribution in [0.5, 0.6) is 0 Å². The Morgan fingerprint density at radius 3 is 2.22 bits per heavy atom. The van der Waals surface area contributed by atoms with E-state index in [0.29, 0.717) is 17.6 Å². The van der Waals surface area contributed by atoms with Crippen LogP contribution in [0.15, 0.2) is 59.0 Å². The zero-order valence-corrected chi connectivity index (χ0v) is 16.1. The van der Waals surface area contributed by atoms with Crippen molar-refractivity contribution >= 4 is 27.7 Å². The Morgan fingerprint density at radius 1 is 1.04 bits per heavy atom. The lowest BCUT2D eigenvalue weighted by atomic mass is 9.95. The molecule has 0 bridgehead atoms. The summed E-state index contributed by atoms with van der Waals surface area (Å²) in [4.78, 5) is 24.3. The molecule has 2 aromatic carbocycles. The minimum absolute atomic E-state index is 0.0631. The number of allylic oxidation sites excluding steroid dienone is 1. The molecular weight excluding hydrogens is 364 g/mol. The van der Waals surface area contributed by atoms with Gasteiger partial charge in [0.15, 0.2) is 15.6 Å². The molecule has 27 heavy (non-hydrogen) atoms. The molecule has 0 aliphatic heterocycles. The highest BCUT2D eigenvalue weighted by molar-refractivity contribution is 7.90. The Balaban J connectivity index is 2.39. The molecule has 142 valence electrons. The van der Waals surface area contributed by atoms with Gasteiger partial charge in [0.25, 0.3) is 0 Å². The first-order valence-electron chi connectivity index (χ1n) is 8.61. The van der Waals surface area contributed by atoms with E-state index >= 15 is 0 Å². The third-order valence-electron chi connectivity index (χ3n) is 4.11. The molecule has 2 rings (SSSR count). The van der Waals surface area contributed by atoms with Gasteiger partial charge in [-0.25, -0.2) is 13.2 Å². The summed E-state index contributed by atoms with van der Waals surface area (Å²) in [5.41, 5.74) is 1.67. The monoisotopic (exact) mass is 386 g/mol. The lowest BCUT2D eigenvalue weighted by Crippen LogP contribution is -2.06. The molecule has 0 spiro atoms. The first-order chi connectivity index (χ1) is 12.7. The van der Waals surface area contributed by atoms with Crippen molar-refractivity contribution in [1.82, 2.24) is 0 Å². The lowest BCUT2D eigenvalue weighted by Gasteiger charge is -2.08. The van der Waals surface area contributed by atoms with Gasteiger partial charge in [-0.3, -0.25) is 4.79 Å². The molecule has 1 N–H and O–H groups in total. The number of benzene rings is 2. The highest BCUT2D eigenvalue weighted by Gasteiger charge is 2.14. The second-order valence-electron chi connectivity index (χ2n) is 6.33. The number of carboxylic acid groups (broad SMARTS) is 1. The van der Waals surface area contributed by atoms with Gasteiger partial charge in [0, 0.05) is 17.4 Å². The van der Waals surface area contributed by atoms with E-state index < -0.39 is 15.8 Å². The van der Waals surface area contributed by atoms with Crippen LogP contribution in [0.2, 0.25) is 0 Å². The van der Waals surface area contributed by atoms with Crippen LogP contribution in [0, 0.1) is 0 Å². The summed E-state index contributed by atoms with van der Waals surface area (Å²) < 4.78 is 23.1. The van der Waals surface area contributed by atoms with Crippen LogP contribution in [-0.4, -0.2) is 31.5 Å². The van der Waals surface area contributed by atoms with Gasteiger partial charge in [0.05, 0.1) is 10.5 Å². The SMILES string of the molecule is CCCCC(=Cc1ccc(S(C)(=O)=O)cc1)C(=O)c1cccc(C(=O)O)c1. The Labute approximate surface area is 159 Å². The number of carbonyl (C=O) groups excluding carboxylic acids is 1. The fourth-order valence-electron chi connectivity index (χ4n) is 2.61. The highest BCUT2D eigenvalue weighted by Crippen LogP contribution is 2.20. The second-order valence-corrected chi connectivity index (χ2v) is 8.35. The van der Waals surface area contributed by atoms with Crippen molar-refractivity contribution in [2.75, 3.05) is 6.26 Å². The Morgan fingerprint density at radius 2 is 1.67 bits per heavy atom. The van der Waals surface area contributed by atoms with E-state index in [1.165, 1.54) is 24.3 Å². The lowest BCUT2D eigenvalue weighted by molar-refractivity contribution is 0.0697. The molecular formula is C21H22O5S. The van der Waals surface area contributed by atoms with E-state index in [2.05, 4.69) is 0 Å².